The number of hydrogen-bond acceptors (Lipinski definition) is 6. The number of rotatable bonds is 3. The molecule has 3 heterocycles. The molecule has 3 aromatic rings. The van der Waals surface area contributed by atoms with E-state index in [0.717, 1.165) is 35.5 Å². The van der Waals surface area contributed by atoms with Crippen LogP contribution in [0.25, 0.3) is 16.4 Å². The van der Waals surface area contributed by atoms with E-state index in [1.54, 1.807) is 28.4 Å². The van der Waals surface area contributed by atoms with Crippen molar-refractivity contribution in [3.8, 4) is 16.4 Å². The zero-order valence-electron chi connectivity index (χ0n) is 11.8. The highest BCUT2D eigenvalue weighted by Crippen LogP contribution is 2.31. The van der Waals surface area contributed by atoms with Crippen LogP contribution in [0.1, 0.15) is 33.9 Å². The summed E-state index contributed by atoms with van der Waals surface area (Å²) in [7, 11) is 0. The van der Waals surface area contributed by atoms with Gasteiger partial charge in [0.1, 0.15) is 5.69 Å². The third-order valence-electron chi connectivity index (χ3n) is 3.76. The van der Waals surface area contributed by atoms with Crippen molar-refractivity contribution in [1.29, 1.82) is 0 Å². The Bertz CT molecular complexity index is 800. The Morgan fingerprint density at radius 3 is 2.95 bits per heavy atom. The molecule has 0 aliphatic heterocycles. The average molecular weight is 311 g/mol. The molecular weight excluding hydrogens is 298 g/mol. The van der Waals surface area contributed by atoms with Gasteiger partial charge in [0.25, 0.3) is 0 Å². The summed E-state index contributed by atoms with van der Waals surface area (Å²) in [5, 5.41) is 8.88. The monoisotopic (exact) mass is 311 g/mol. The van der Waals surface area contributed by atoms with Crippen LogP contribution in [0.15, 0.2) is 24.5 Å². The summed E-state index contributed by atoms with van der Waals surface area (Å²) in [6.07, 6.45) is 8.60. The highest BCUT2D eigenvalue weighted by molar-refractivity contribution is 7.14. The summed E-state index contributed by atoms with van der Waals surface area (Å²) in [6, 6.07) is 3.72. The summed E-state index contributed by atoms with van der Waals surface area (Å²) < 4.78 is 1.66. The molecule has 0 saturated carbocycles. The number of carbonyl (C=O) groups is 1. The van der Waals surface area contributed by atoms with Gasteiger partial charge in [-0.3, -0.25) is 9.78 Å². The van der Waals surface area contributed by atoms with Crippen molar-refractivity contribution >= 4 is 17.6 Å². The molecule has 0 fully saturated rings. The van der Waals surface area contributed by atoms with Crippen molar-refractivity contribution in [2.45, 2.75) is 25.7 Å². The highest BCUT2D eigenvalue weighted by atomic mass is 32.1. The second-order valence-electron chi connectivity index (χ2n) is 5.17. The predicted molar refractivity (Wildman–Crippen MR) is 82.3 cm³/mol. The van der Waals surface area contributed by atoms with E-state index in [0.29, 0.717) is 11.4 Å². The first-order valence-electron chi connectivity index (χ1n) is 7.17. The van der Waals surface area contributed by atoms with Gasteiger partial charge in [-0.1, -0.05) is 16.6 Å². The van der Waals surface area contributed by atoms with Gasteiger partial charge in [-0.05, 0) is 37.8 Å². The molecule has 0 unspecified atom stereocenters. The first kappa shape index (κ1) is 13.3. The minimum absolute atomic E-state index is 0.307. The van der Waals surface area contributed by atoms with Gasteiger partial charge in [-0.2, -0.15) is 4.68 Å². The van der Waals surface area contributed by atoms with Crippen molar-refractivity contribution in [3.05, 3.63) is 40.8 Å². The number of pyridine rings is 1. The molecule has 3 aromatic heterocycles. The first-order valence-corrected chi connectivity index (χ1v) is 7.98. The van der Waals surface area contributed by atoms with Crippen LogP contribution in [0.2, 0.25) is 0 Å². The fraction of sp³-hybridized carbons (Fsp3) is 0.267. The zero-order chi connectivity index (χ0) is 14.9. The van der Waals surface area contributed by atoms with Gasteiger partial charge in [0, 0.05) is 22.8 Å². The maximum atomic E-state index is 11.3. The van der Waals surface area contributed by atoms with Crippen molar-refractivity contribution < 1.29 is 4.79 Å². The van der Waals surface area contributed by atoms with Gasteiger partial charge in [0.05, 0.1) is 5.69 Å². The Morgan fingerprint density at radius 2 is 2.18 bits per heavy atom. The second kappa shape index (κ2) is 5.42. The molecule has 7 heteroatoms. The molecule has 22 heavy (non-hydrogen) atoms. The van der Waals surface area contributed by atoms with E-state index >= 15 is 0 Å². The second-order valence-corrected chi connectivity index (χ2v) is 6.23. The smallest absolute Gasteiger partial charge is 0.212 e. The molecule has 4 rings (SSSR count). The molecule has 0 amide bonds. The van der Waals surface area contributed by atoms with E-state index in [2.05, 4.69) is 15.3 Å². The van der Waals surface area contributed by atoms with Crippen LogP contribution in [0.5, 0.6) is 0 Å². The van der Waals surface area contributed by atoms with E-state index in [1.807, 2.05) is 12.1 Å². The lowest BCUT2D eigenvalue weighted by atomic mass is 10.0. The van der Waals surface area contributed by atoms with Crippen LogP contribution in [0.3, 0.4) is 0 Å². The Kier molecular flexibility index (Phi) is 3.27. The number of hydrogen-bond donors (Lipinski definition) is 0. The number of aromatic nitrogens is 5. The summed E-state index contributed by atoms with van der Waals surface area (Å²) in [4.78, 5) is 21.4. The number of aldehydes is 1. The normalized spacial score (nSPS) is 13.8. The fourth-order valence-electron chi connectivity index (χ4n) is 2.71. The lowest BCUT2D eigenvalue weighted by Gasteiger charge is -2.06. The topological polar surface area (TPSA) is 73.6 Å². The quantitative estimate of drug-likeness (QED) is 0.695. The zero-order valence-corrected chi connectivity index (χ0v) is 12.6. The molecule has 6 nitrogen and oxygen atoms in total. The van der Waals surface area contributed by atoms with Gasteiger partial charge in [0.2, 0.25) is 5.13 Å². The molecule has 0 aromatic carbocycles. The molecule has 110 valence electrons. The fourth-order valence-corrected chi connectivity index (χ4v) is 3.81. The molecule has 1 aliphatic rings. The minimum Gasteiger partial charge on any atom is -0.296 e. The van der Waals surface area contributed by atoms with E-state index in [-0.39, 0.29) is 0 Å². The Balaban J connectivity index is 1.87. The molecule has 0 atom stereocenters. The summed E-state index contributed by atoms with van der Waals surface area (Å²) in [5.41, 5.74) is 2.92. The third-order valence-corrected chi connectivity index (χ3v) is 4.89. The van der Waals surface area contributed by atoms with Crippen molar-refractivity contribution in [2.75, 3.05) is 0 Å². The summed E-state index contributed by atoms with van der Waals surface area (Å²) in [5.74, 6) is 0. The van der Waals surface area contributed by atoms with E-state index < -0.39 is 0 Å². The van der Waals surface area contributed by atoms with Gasteiger partial charge in [0.15, 0.2) is 12.0 Å². The molecule has 0 spiro atoms. The van der Waals surface area contributed by atoms with Gasteiger partial charge in [-0.25, -0.2) is 4.98 Å². The van der Waals surface area contributed by atoms with E-state index in [1.165, 1.54) is 17.7 Å². The average Bonchev–Trinajstić information content (AvgIpc) is 3.18. The molecule has 0 N–H and O–H groups in total. The standard InChI is InChI=1S/C15H13N5OS/c21-9-12-14(10-4-3-7-16-8-10)20(19-18-12)15-17-11-5-1-2-6-13(11)22-15/h3-4,7-9H,1-2,5-6H2. The largest absolute Gasteiger partial charge is 0.296 e. The third kappa shape index (κ3) is 2.14. The number of fused-ring (bicyclic) bond motifs is 1. The maximum Gasteiger partial charge on any atom is 0.212 e. The molecular formula is C15H13N5OS. The van der Waals surface area contributed by atoms with Crippen LogP contribution in [-0.4, -0.2) is 31.2 Å². The number of thiazole rings is 1. The Hall–Kier alpha value is -2.41. The summed E-state index contributed by atoms with van der Waals surface area (Å²) in [6.45, 7) is 0. The van der Waals surface area contributed by atoms with Crippen LogP contribution in [0, 0.1) is 0 Å². The van der Waals surface area contributed by atoms with Crippen LogP contribution < -0.4 is 0 Å². The lowest BCUT2D eigenvalue weighted by Crippen LogP contribution is -2.01. The van der Waals surface area contributed by atoms with E-state index in [9.17, 15) is 4.79 Å². The van der Waals surface area contributed by atoms with Crippen molar-refractivity contribution in [2.24, 2.45) is 0 Å². The molecule has 1 aliphatic carbocycles. The Morgan fingerprint density at radius 1 is 1.27 bits per heavy atom. The maximum absolute atomic E-state index is 11.3. The number of aryl methyl sites for hydroxylation is 2. The van der Waals surface area contributed by atoms with Gasteiger partial charge < -0.3 is 0 Å². The lowest BCUT2D eigenvalue weighted by molar-refractivity contribution is 0.111. The van der Waals surface area contributed by atoms with Gasteiger partial charge >= 0.3 is 0 Å². The van der Waals surface area contributed by atoms with E-state index in [4.69, 9.17) is 4.98 Å². The minimum atomic E-state index is 0.307. The summed E-state index contributed by atoms with van der Waals surface area (Å²) >= 11 is 1.63. The molecule has 0 bridgehead atoms. The number of carbonyl (C=O) groups excluding carboxylic acids is 1. The molecule has 0 saturated heterocycles. The van der Waals surface area contributed by atoms with Gasteiger partial charge in [-0.15, -0.1) is 5.10 Å². The van der Waals surface area contributed by atoms with Crippen LogP contribution >= 0.6 is 11.3 Å². The van der Waals surface area contributed by atoms with Crippen LogP contribution in [-0.2, 0) is 12.8 Å². The highest BCUT2D eigenvalue weighted by Gasteiger charge is 2.21. The first-order chi connectivity index (χ1) is 10.9. The van der Waals surface area contributed by atoms with Crippen molar-refractivity contribution in [1.82, 2.24) is 25.0 Å². The molecule has 0 radical (unpaired) electrons. The number of nitrogens with zero attached hydrogens (tertiary/aromatic N) is 5. The SMILES string of the molecule is O=Cc1nnn(-c2nc3c(s2)CCCC3)c1-c1cccnc1. The van der Waals surface area contributed by atoms with Crippen LogP contribution in [0.4, 0.5) is 0 Å². The Labute approximate surface area is 130 Å². The van der Waals surface area contributed by atoms with Crippen molar-refractivity contribution in [3.63, 3.8) is 0 Å². The predicted octanol–water partition coefficient (Wildman–Crippen LogP) is 2.48.